The number of alkyl halides is 2. The fourth-order valence-electron chi connectivity index (χ4n) is 2.05. The summed E-state index contributed by atoms with van der Waals surface area (Å²) in [5.41, 5.74) is 0.465. The molecule has 1 aliphatic rings. The molecule has 8 heteroatoms. The average Bonchev–Trinajstić information content (AvgIpc) is 2.97. The largest absolute Gasteiger partial charge is 0.435 e. The van der Waals surface area contributed by atoms with Crippen LogP contribution in [0, 0.1) is 0 Å². The maximum Gasteiger partial charge on any atom is 0.387 e. The molecule has 5 nitrogen and oxygen atoms in total. The Labute approximate surface area is 131 Å². The highest BCUT2D eigenvalue weighted by Crippen LogP contribution is 2.24. The minimum atomic E-state index is -2.88. The molecule has 1 aliphatic heterocycles. The Bertz CT molecular complexity index is 539. The molecule has 120 valence electrons. The van der Waals surface area contributed by atoms with Crippen molar-refractivity contribution in [3.63, 3.8) is 0 Å². The molecule has 1 aromatic rings. The summed E-state index contributed by atoms with van der Waals surface area (Å²) in [6, 6.07) is 5.14. The SMILES string of the molecule is CCC(=O)N1CSC[C@H]1C(=O)Nc1ccc(OC(F)F)cc1. The normalized spacial score (nSPS) is 17.6. The molecular weight excluding hydrogens is 314 g/mol. The minimum Gasteiger partial charge on any atom is -0.435 e. The number of halogens is 2. The molecule has 1 aromatic carbocycles. The Balaban J connectivity index is 1.98. The molecule has 0 saturated carbocycles. The third-order valence-corrected chi connectivity index (χ3v) is 4.17. The molecule has 2 rings (SSSR count). The number of rotatable bonds is 5. The molecule has 0 radical (unpaired) electrons. The van der Waals surface area contributed by atoms with Crippen molar-refractivity contribution in [3.8, 4) is 5.75 Å². The van der Waals surface area contributed by atoms with Crippen LogP contribution in [0.5, 0.6) is 5.75 Å². The molecule has 1 saturated heterocycles. The Morgan fingerprint density at radius 2 is 2.09 bits per heavy atom. The van der Waals surface area contributed by atoms with Gasteiger partial charge in [0.2, 0.25) is 11.8 Å². The number of ether oxygens (including phenoxy) is 1. The highest BCUT2D eigenvalue weighted by molar-refractivity contribution is 7.99. The number of benzene rings is 1. The number of anilines is 1. The fourth-order valence-corrected chi connectivity index (χ4v) is 3.23. The maximum absolute atomic E-state index is 12.2. The van der Waals surface area contributed by atoms with Crippen molar-refractivity contribution in [2.75, 3.05) is 16.9 Å². The second-order valence-electron chi connectivity index (χ2n) is 4.62. The van der Waals surface area contributed by atoms with Gasteiger partial charge in [0.15, 0.2) is 0 Å². The van der Waals surface area contributed by atoms with Gasteiger partial charge in [-0.2, -0.15) is 8.78 Å². The standard InChI is InChI=1S/C14H16F2N2O3S/c1-2-12(19)18-8-22-7-11(18)13(20)17-9-3-5-10(6-4-9)21-14(15)16/h3-6,11,14H,2,7-8H2,1H3,(H,17,20)/t11-/m0/s1. The highest BCUT2D eigenvalue weighted by Gasteiger charge is 2.33. The summed E-state index contributed by atoms with van der Waals surface area (Å²) < 4.78 is 28.3. The van der Waals surface area contributed by atoms with Crippen LogP contribution in [0.25, 0.3) is 0 Å². The van der Waals surface area contributed by atoms with Gasteiger partial charge in [0.1, 0.15) is 11.8 Å². The maximum atomic E-state index is 12.2. The van der Waals surface area contributed by atoms with Gasteiger partial charge in [0, 0.05) is 17.9 Å². The fraction of sp³-hybridized carbons (Fsp3) is 0.429. The Morgan fingerprint density at radius 3 is 2.68 bits per heavy atom. The lowest BCUT2D eigenvalue weighted by Gasteiger charge is -2.22. The van der Waals surface area contributed by atoms with Gasteiger partial charge in [0.25, 0.3) is 0 Å². The van der Waals surface area contributed by atoms with Gasteiger partial charge < -0.3 is 15.0 Å². The van der Waals surface area contributed by atoms with Gasteiger partial charge in [-0.15, -0.1) is 11.8 Å². The van der Waals surface area contributed by atoms with E-state index in [1.54, 1.807) is 11.8 Å². The zero-order valence-corrected chi connectivity index (χ0v) is 12.7. The zero-order chi connectivity index (χ0) is 16.1. The number of thioether (sulfide) groups is 1. The van der Waals surface area contributed by atoms with Crippen LogP contribution in [0.1, 0.15) is 13.3 Å². The Morgan fingerprint density at radius 1 is 1.41 bits per heavy atom. The third-order valence-electron chi connectivity index (χ3n) is 3.15. The van der Waals surface area contributed by atoms with Gasteiger partial charge in [-0.05, 0) is 24.3 Å². The first-order valence-corrected chi connectivity index (χ1v) is 7.89. The molecule has 1 fully saturated rings. The number of nitrogens with zero attached hydrogens (tertiary/aromatic N) is 1. The summed E-state index contributed by atoms with van der Waals surface area (Å²) in [4.78, 5) is 25.6. The summed E-state index contributed by atoms with van der Waals surface area (Å²) in [5.74, 6) is 0.725. The molecule has 1 atom stereocenters. The number of hydrogen-bond donors (Lipinski definition) is 1. The van der Waals surface area contributed by atoms with Crippen LogP contribution in [-0.2, 0) is 9.59 Å². The van der Waals surface area contributed by atoms with Gasteiger partial charge in [-0.25, -0.2) is 0 Å². The van der Waals surface area contributed by atoms with Gasteiger partial charge in [-0.1, -0.05) is 6.92 Å². The van der Waals surface area contributed by atoms with Crippen molar-refractivity contribution in [1.82, 2.24) is 4.90 Å². The topological polar surface area (TPSA) is 58.6 Å². The monoisotopic (exact) mass is 330 g/mol. The van der Waals surface area contributed by atoms with E-state index in [9.17, 15) is 18.4 Å². The van der Waals surface area contributed by atoms with E-state index in [0.717, 1.165) is 0 Å². The average molecular weight is 330 g/mol. The van der Waals surface area contributed by atoms with Crippen molar-refractivity contribution in [2.45, 2.75) is 26.0 Å². The van der Waals surface area contributed by atoms with E-state index in [4.69, 9.17) is 0 Å². The van der Waals surface area contributed by atoms with Gasteiger partial charge in [0.05, 0.1) is 5.88 Å². The number of carbonyl (C=O) groups is 2. The number of nitrogens with one attached hydrogen (secondary N) is 1. The van der Waals surface area contributed by atoms with Gasteiger partial charge in [-0.3, -0.25) is 9.59 Å². The predicted octanol–water partition coefficient (Wildman–Crippen LogP) is 2.54. The van der Waals surface area contributed by atoms with Crippen molar-refractivity contribution in [2.24, 2.45) is 0 Å². The lowest BCUT2D eigenvalue weighted by Crippen LogP contribution is -2.44. The first kappa shape index (κ1) is 16.5. The number of carbonyl (C=O) groups excluding carboxylic acids is 2. The lowest BCUT2D eigenvalue weighted by atomic mass is 10.2. The summed E-state index contributed by atoms with van der Waals surface area (Å²) in [6.07, 6.45) is 0.351. The summed E-state index contributed by atoms with van der Waals surface area (Å²) >= 11 is 1.52. The molecule has 1 N–H and O–H groups in total. The zero-order valence-electron chi connectivity index (χ0n) is 11.9. The van der Waals surface area contributed by atoms with E-state index < -0.39 is 12.7 Å². The molecule has 0 spiro atoms. The smallest absolute Gasteiger partial charge is 0.387 e. The van der Waals surface area contributed by atoms with E-state index >= 15 is 0 Å². The third kappa shape index (κ3) is 4.09. The molecule has 1 heterocycles. The van der Waals surface area contributed by atoms with E-state index in [1.807, 2.05) is 0 Å². The summed E-state index contributed by atoms with van der Waals surface area (Å²) in [5, 5.41) is 2.68. The predicted molar refractivity (Wildman–Crippen MR) is 80.0 cm³/mol. The second kappa shape index (κ2) is 7.44. The van der Waals surface area contributed by atoms with Crippen molar-refractivity contribution < 1.29 is 23.1 Å². The first-order valence-electron chi connectivity index (χ1n) is 6.74. The second-order valence-corrected chi connectivity index (χ2v) is 5.62. The van der Waals surface area contributed by atoms with Crippen LogP contribution in [0.4, 0.5) is 14.5 Å². The minimum absolute atomic E-state index is 0.0206. The quantitative estimate of drug-likeness (QED) is 0.901. The molecule has 0 aliphatic carbocycles. The van der Waals surface area contributed by atoms with Crippen LogP contribution >= 0.6 is 11.8 Å². The van der Waals surface area contributed by atoms with E-state index in [1.165, 1.54) is 36.0 Å². The molecule has 0 bridgehead atoms. The molecule has 22 heavy (non-hydrogen) atoms. The first-order chi connectivity index (χ1) is 10.5. The highest BCUT2D eigenvalue weighted by atomic mass is 32.2. The summed E-state index contributed by atoms with van der Waals surface area (Å²) in [6.45, 7) is -1.13. The van der Waals surface area contributed by atoms with Crippen LogP contribution in [0.15, 0.2) is 24.3 Å². The number of hydrogen-bond acceptors (Lipinski definition) is 4. The van der Waals surface area contributed by atoms with E-state index in [0.29, 0.717) is 23.7 Å². The Kier molecular flexibility index (Phi) is 5.59. The van der Waals surface area contributed by atoms with Crippen LogP contribution in [-0.4, -0.2) is 41.0 Å². The van der Waals surface area contributed by atoms with Crippen LogP contribution in [0.3, 0.4) is 0 Å². The van der Waals surface area contributed by atoms with Crippen molar-refractivity contribution in [3.05, 3.63) is 24.3 Å². The van der Waals surface area contributed by atoms with E-state index in [-0.39, 0.29) is 17.6 Å². The molecule has 0 aromatic heterocycles. The number of amides is 2. The van der Waals surface area contributed by atoms with Gasteiger partial charge >= 0.3 is 6.61 Å². The Hall–Kier alpha value is -1.83. The molecule has 0 unspecified atom stereocenters. The molecular formula is C14H16F2N2O3S. The van der Waals surface area contributed by atoms with Crippen LogP contribution < -0.4 is 10.1 Å². The van der Waals surface area contributed by atoms with E-state index in [2.05, 4.69) is 10.1 Å². The summed E-state index contributed by atoms with van der Waals surface area (Å²) in [7, 11) is 0. The van der Waals surface area contributed by atoms with Crippen molar-refractivity contribution >= 4 is 29.3 Å². The molecule has 2 amide bonds. The van der Waals surface area contributed by atoms with Crippen molar-refractivity contribution in [1.29, 1.82) is 0 Å². The van der Waals surface area contributed by atoms with Crippen LogP contribution in [0.2, 0.25) is 0 Å². The lowest BCUT2D eigenvalue weighted by molar-refractivity contribution is -0.135.